The molecule has 2 aliphatic rings. The van der Waals surface area contributed by atoms with E-state index in [9.17, 15) is 5.26 Å². The first-order valence-corrected chi connectivity index (χ1v) is 6.99. The highest BCUT2D eigenvalue weighted by Crippen LogP contribution is 2.30. The Labute approximate surface area is 105 Å². The van der Waals surface area contributed by atoms with E-state index in [-0.39, 0.29) is 5.92 Å². The fourth-order valence-corrected chi connectivity index (χ4v) is 3.42. The third kappa shape index (κ3) is 2.64. The van der Waals surface area contributed by atoms with Gasteiger partial charge in [-0.05, 0) is 33.7 Å². The molecule has 2 rings (SSSR count). The molecule has 0 radical (unpaired) electrons. The number of nitriles is 1. The van der Waals surface area contributed by atoms with Gasteiger partial charge in [0.05, 0.1) is 12.0 Å². The summed E-state index contributed by atoms with van der Waals surface area (Å²) in [5.74, 6) is 0.270. The van der Waals surface area contributed by atoms with E-state index >= 15 is 0 Å². The van der Waals surface area contributed by atoms with E-state index in [2.05, 4.69) is 36.8 Å². The molecule has 17 heavy (non-hydrogen) atoms. The van der Waals surface area contributed by atoms with Crippen LogP contribution in [0.5, 0.6) is 0 Å². The standard InChI is InChI=1S/C14H25N3/c1-11-9-17(10-12(2)16(11)3)14-7-5-4-6-13(14)8-15/h11-14H,4-7,9-10H2,1-3H3. The van der Waals surface area contributed by atoms with Gasteiger partial charge in [-0.25, -0.2) is 0 Å². The maximum Gasteiger partial charge on any atom is 0.0672 e. The van der Waals surface area contributed by atoms with Crippen LogP contribution in [0.25, 0.3) is 0 Å². The molecule has 1 aliphatic heterocycles. The molecule has 4 atom stereocenters. The summed E-state index contributed by atoms with van der Waals surface area (Å²) in [4.78, 5) is 5.04. The van der Waals surface area contributed by atoms with Crippen molar-refractivity contribution in [1.29, 1.82) is 5.26 Å². The van der Waals surface area contributed by atoms with E-state index in [4.69, 9.17) is 0 Å². The quantitative estimate of drug-likeness (QED) is 0.697. The van der Waals surface area contributed by atoms with Crippen molar-refractivity contribution in [2.45, 2.75) is 57.7 Å². The van der Waals surface area contributed by atoms with Gasteiger partial charge in [-0.15, -0.1) is 0 Å². The van der Waals surface area contributed by atoms with Crippen LogP contribution in [0.2, 0.25) is 0 Å². The predicted octanol–water partition coefficient (Wildman–Crippen LogP) is 2.09. The van der Waals surface area contributed by atoms with Crippen molar-refractivity contribution in [3.63, 3.8) is 0 Å². The third-order valence-corrected chi connectivity index (χ3v) is 4.75. The van der Waals surface area contributed by atoms with E-state index in [1.54, 1.807) is 0 Å². The lowest BCUT2D eigenvalue weighted by Crippen LogP contribution is -2.59. The van der Waals surface area contributed by atoms with E-state index < -0.39 is 0 Å². The minimum Gasteiger partial charge on any atom is -0.298 e. The Balaban J connectivity index is 2.04. The molecule has 1 saturated carbocycles. The van der Waals surface area contributed by atoms with Gasteiger partial charge in [-0.2, -0.15) is 5.26 Å². The van der Waals surface area contributed by atoms with Crippen LogP contribution in [0.1, 0.15) is 39.5 Å². The molecule has 1 aliphatic carbocycles. The second-order valence-corrected chi connectivity index (χ2v) is 5.90. The van der Waals surface area contributed by atoms with Gasteiger partial charge < -0.3 is 0 Å². The van der Waals surface area contributed by atoms with Gasteiger partial charge in [0.1, 0.15) is 0 Å². The normalized spacial score (nSPS) is 41.1. The number of hydrogen-bond acceptors (Lipinski definition) is 3. The number of nitrogens with zero attached hydrogens (tertiary/aromatic N) is 3. The fraction of sp³-hybridized carbons (Fsp3) is 0.929. The van der Waals surface area contributed by atoms with Crippen molar-refractivity contribution in [3.8, 4) is 6.07 Å². The van der Waals surface area contributed by atoms with Crippen LogP contribution in [-0.2, 0) is 0 Å². The molecule has 3 nitrogen and oxygen atoms in total. The minimum atomic E-state index is 0.270. The lowest BCUT2D eigenvalue weighted by molar-refractivity contribution is 0.0128. The van der Waals surface area contributed by atoms with Crippen LogP contribution in [0.3, 0.4) is 0 Å². The molecule has 0 bridgehead atoms. The first-order chi connectivity index (χ1) is 8.13. The summed E-state index contributed by atoms with van der Waals surface area (Å²) in [5, 5.41) is 9.29. The van der Waals surface area contributed by atoms with Gasteiger partial charge in [-0.1, -0.05) is 12.8 Å². The summed E-state index contributed by atoms with van der Waals surface area (Å²) in [6.45, 7) is 6.85. The van der Waals surface area contributed by atoms with Gasteiger partial charge in [0.15, 0.2) is 0 Å². The zero-order chi connectivity index (χ0) is 12.4. The monoisotopic (exact) mass is 235 g/mol. The van der Waals surface area contributed by atoms with Crippen LogP contribution in [0.4, 0.5) is 0 Å². The number of likely N-dealkylation sites (N-methyl/N-ethyl adjacent to an activating group) is 1. The zero-order valence-corrected chi connectivity index (χ0v) is 11.4. The lowest BCUT2D eigenvalue weighted by atomic mass is 9.83. The maximum atomic E-state index is 9.29. The number of hydrogen-bond donors (Lipinski definition) is 0. The Morgan fingerprint density at radius 2 is 1.65 bits per heavy atom. The molecule has 0 aromatic rings. The van der Waals surface area contributed by atoms with Gasteiger partial charge in [0.2, 0.25) is 0 Å². The highest BCUT2D eigenvalue weighted by Gasteiger charge is 2.35. The number of rotatable bonds is 1. The molecule has 3 heteroatoms. The van der Waals surface area contributed by atoms with Crippen molar-refractivity contribution < 1.29 is 0 Å². The summed E-state index contributed by atoms with van der Waals surface area (Å²) in [5.41, 5.74) is 0. The van der Waals surface area contributed by atoms with Gasteiger partial charge in [0.25, 0.3) is 0 Å². The summed E-state index contributed by atoms with van der Waals surface area (Å²) in [6, 6.07) is 4.28. The van der Waals surface area contributed by atoms with E-state index in [0.29, 0.717) is 18.1 Å². The molecule has 0 N–H and O–H groups in total. The van der Waals surface area contributed by atoms with Crippen molar-refractivity contribution >= 4 is 0 Å². The Bertz CT molecular complexity index is 284. The van der Waals surface area contributed by atoms with Crippen LogP contribution < -0.4 is 0 Å². The van der Waals surface area contributed by atoms with Crippen LogP contribution in [0.15, 0.2) is 0 Å². The van der Waals surface area contributed by atoms with Gasteiger partial charge >= 0.3 is 0 Å². The molecular weight excluding hydrogens is 210 g/mol. The van der Waals surface area contributed by atoms with Crippen molar-refractivity contribution in [1.82, 2.24) is 9.80 Å². The zero-order valence-electron chi connectivity index (χ0n) is 11.4. The maximum absolute atomic E-state index is 9.29. The Morgan fingerprint density at radius 1 is 1.06 bits per heavy atom. The van der Waals surface area contributed by atoms with Crippen LogP contribution in [-0.4, -0.2) is 48.1 Å². The number of piperazine rings is 1. The average molecular weight is 235 g/mol. The lowest BCUT2D eigenvalue weighted by Gasteiger charge is -2.47. The van der Waals surface area contributed by atoms with E-state index in [0.717, 1.165) is 19.5 Å². The van der Waals surface area contributed by atoms with Crippen molar-refractivity contribution in [2.24, 2.45) is 5.92 Å². The first-order valence-electron chi connectivity index (χ1n) is 6.99. The summed E-state index contributed by atoms with van der Waals surface area (Å²) >= 11 is 0. The molecule has 2 fully saturated rings. The second kappa shape index (κ2) is 5.37. The fourth-order valence-electron chi connectivity index (χ4n) is 3.42. The van der Waals surface area contributed by atoms with Gasteiger partial charge in [-0.3, -0.25) is 9.80 Å². The molecule has 0 aromatic heterocycles. The molecule has 1 saturated heterocycles. The molecular formula is C14H25N3. The SMILES string of the molecule is CC1CN(C2CCCCC2C#N)CC(C)N1C. The third-order valence-electron chi connectivity index (χ3n) is 4.75. The summed E-state index contributed by atoms with van der Waals surface area (Å²) in [7, 11) is 2.22. The van der Waals surface area contributed by atoms with E-state index in [1.807, 2.05) is 0 Å². The van der Waals surface area contributed by atoms with Gasteiger partial charge in [0, 0.05) is 31.2 Å². The molecule has 4 unspecified atom stereocenters. The van der Waals surface area contributed by atoms with E-state index in [1.165, 1.54) is 19.3 Å². The molecule has 0 spiro atoms. The predicted molar refractivity (Wildman–Crippen MR) is 69.6 cm³/mol. The molecule has 0 aromatic carbocycles. The Morgan fingerprint density at radius 3 is 2.24 bits per heavy atom. The smallest absolute Gasteiger partial charge is 0.0672 e. The van der Waals surface area contributed by atoms with Crippen LogP contribution >= 0.6 is 0 Å². The average Bonchev–Trinajstić information content (AvgIpc) is 2.35. The van der Waals surface area contributed by atoms with Crippen molar-refractivity contribution in [2.75, 3.05) is 20.1 Å². The molecule has 0 amide bonds. The highest BCUT2D eigenvalue weighted by atomic mass is 15.3. The molecule has 96 valence electrons. The molecule has 1 heterocycles. The Kier molecular flexibility index (Phi) is 4.06. The summed E-state index contributed by atoms with van der Waals surface area (Å²) < 4.78 is 0. The minimum absolute atomic E-state index is 0.270. The second-order valence-electron chi connectivity index (χ2n) is 5.90. The van der Waals surface area contributed by atoms with Crippen molar-refractivity contribution in [3.05, 3.63) is 0 Å². The largest absolute Gasteiger partial charge is 0.298 e. The highest BCUT2D eigenvalue weighted by molar-refractivity contribution is 4.98. The Hall–Kier alpha value is -0.590. The van der Waals surface area contributed by atoms with Crippen LogP contribution in [0, 0.1) is 17.2 Å². The first kappa shape index (κ1) is 12.9. The summed E-state index contributed by atoms with van der Waals surface area (Å²) in [6.07, 6.45) is 4.88. The topological polar surface area (TPSA) is 30.3 Å².